The van der Waals surface area contributed by atoms with E-state index in [9.17, 15) is 4.79 Å². The number of anilines is 1. The third-order valence-electron chi connectivity index (χ3n) is 2.75. The minimum Gasteiger partial charge on any atom is -0.360 e. The van der Waals surface area contributed by atoms with E-state index >= 15 is 0 Å². The third-order valence-corrected chi connectivity index (χ3v) is 3.62. The molecule has 7 heteroatoms. The highest BCUT2D eigenvalue weighted by atomic mass is 32.1. The van der Waals surface area contributed by atoms with Crippen molar-refractivity contribution in [2.24, 2.45) is 0 Å². The van der Waals surface area contributed by atoms with Gasteiger partial charge in [-0.25, -0.2) is 0 Å². The zero-order valence-electron chi connectivity index (χ0n) is 11.5. The van der Waals surface area contributed by atoms with Gasteiger partial charge in [-0.2, -0.15) is 0 Å². The van der Waals surface area contributed by atoms with E-state index in [1.165, 1.54) is 0 Å². The van der Waals surface area contributed by atoms with Crippen molar-refractivity contribution < 1.29 is 4.79 Å². The first-order valence-electron chi connectivity index (χ1n) is 6.71. The summed E-state index contributed by atoms with van der Waals surface area (Å²) in [5.41, 5.74) is 0. The van der Waals surface area contributed by atoms with Gasteiger partial charge in [-0.1, -0.05) is 18.3 Å². The van der Waals surface area contributed by atoms with E-state index in [0.29, 0.717) is 19.1 Å². The first-order valence-corrected chi connectivity index (χ1v) is 7.53. The Kier molecular flexibility index (Phi) is 5.09. The van der Waals surface area contributed by atoms with Crippen molar-refractivity contribution in [3.8, 4) is 0 Å². The Balaban J connectivity index is 1.72. The van der Waals surface area contributed by atoms with Crippen LogP contribution in [-0.4, -0.2) is 47.2 Å². The molecule has 1 aromatic rings. The maximum Gasteiger partial charge on any atom is 0.234 e. The van der Waals surface area contributed by atoms with Crippen molar-refractivity contribution in [2.75, 3.05) is 25.5 Å². The van der Waals surface area contributed by atoms with Crippen molar-refractivity contribution in [3.63, 3.8) is 0 Å². The minimum absolute atomic E-state index is 0.0962. The summed E-state index contributed by atoms with van der Waals surface area (Å²) in [6, 6.07) is 0.423. The van der Waals surface area contributed by atoms with Gasteiger partial charge in [-0.15, -0.1) is 10.2 Å². The monoisotopic (exact) mass is 283 g/mol. The average molecular weight is 283 g/mol. The van der Waals surface area contributed by atoms with Crippen LogP contribution in [0.1, 0.15) is 31.2 Å². The topological polar surface area (TPSA) is 70.2 Å². The number of aromatic nitrogens is 2. The molecule has 1 aromatic heterocycles. The molecule has 1 fully saturated rings. The van der Waals surface area contributed by atoms with E-state index < -0.39 is 0 Å². The fraction of sp³-hybridized carbons (Fsp3) is 0.750. The van der Waals surface area contributed by atoms with Crippen molar-refractivity contribution in [1.29, 1.82) is 0 Å². The largest absolute Gasteiger partial charge is 0.360 e. The fourth-order valence-corrected chi connectivity index (χ4v) is 2.50. The van der Waals surface area contributed by atoms with E-state index in [1.807, 2.05) is 11.9 Å². The summed E-state index contributed by atoms with van der Waals surface area (Å²) in [5, 5.41) is 16.2. The molecule has 106 valence electrons. The van der Waals surface area contributed by atoms with Crippen LogP contribution in [-0.2, 0) is 11.3 Å². The summed E-state index contributed by atoms with van der Waals surface area (Å²) in [6.07, 6.45) is 3.31. The van der Waals surface area contributed by atoms with Crippen LogP contribution in [0.15, 0.2) is 0 Å². The van der Waals surface area contributed by atoms with Gasteiger partial charge in [0, 0.05) is 12.6 Å². The van der Waals surface area contributed by atoms with Crippen molar-refractivity contribution in [3.05, 3.63) is 5.01 Å². The first kappa shape index (κ1) is 14.2. The molecule has 2 N–H and O–H groups in total. The molecule has 1 saturated carbocycles. The highest BCUT2D eigenvalue weighted by Gasteiger charge is 2.23. The summed E-state index contributed by atoms with van der Waals surface area (Å²) in [7, 11) is 1.92. The zero-order valence-corrected chi connectivity index (χ0v) is 12.3. The van der Waals surface area contributed by atoms with Gasteiger partial charge in [-0.3, -0.25) is 9.69 Å². The molecule has 0 aliphatic heterocycles. The number of rotatable bonds is 8. The number of hydrogen-bond acceptors (Lipinski definition) is 6. The van der Waals surface area contributed by atoms with Gasteiger partial charge in [0.1, 0.15) is 5.01 Å². The van der Waals surface area contributed by atoms with Crippen LogP contribution in [0, 0.1) is 0 Å². The van der Waals surface area contributed by atoms with Gasteiger partial charge < -0.3 is 10.6 Å². The molecule has 1 aliphatic carbocycles. The van der Waals surface area contributed by atoms with Gasteiger partial charge in [-0.05, 0) is 26.3 Å². The highest BCUT2D eigenvalue weighted by molar-refractivity contribution is 7.15. The fourth-order valence-electron chi connectivity index (χ4n) is 1.65. The summed E-state index contributed by atoms with van der Waals surface area (Å²) in [5.74, 6) is 0.0962. The number of likely N-dealkylation sites (N-methyl/N-ethyl adjacent to an activating group) is 1. The lowest BCUT2D eigenvalue weighted by Crippen LogP contribution is -2.35. The van der Waals surface area contributed by atoms with E-state index in [0.717, 1.165) is 35.9 Å². The Morgan fingerprint density at radius 2 is 2.26 bits per heavy atom. The van der Waals surface area contributed by atoms with E-state index in [-0.39, 0.29) is 5.91 Å². The highest BCUT2D eigenvalue weighted by Crippen LogP contribution is 2.19. The Morgan fingerprint density at radius 3 is 2.95 bits per heavy atom. The third kappa shape index (κ3) is 5.12. The summed E-state index contributed by atoms with van der Waals surface area (Å²) < 4.78 is 0. The number of nitrogens with one attached hydrogen (secondary N) is 2. The lowest BCUT2D eigenvalue weighted by atomic mass is 10.5. The Bertz CT molecular complexity index is 418. The number of carbonyl (C=O) groups excluding carboxylic acids is 1. The molecule has 1 heterocycles. The zero-order chi connectivity index (χ0) is 13.7. The number of amides is 1. The molecule has 1 aliphatic rings. The van der Waals surface area contributed by atoms with Gasteiger partial charge in [0.25, 0.3) is 0 Å². The molecule has 0 atom stereocenters. The standard InChI is InChI=1S/C12H21N5OS/c1-3-6-13-12-16-15-11(19-12)8-17(2)7-10(18)14-9-4-5-9/h9H,3-8H2,1-2H3,(H,13,16)(H,14,18). The Morgan fingerprint density at radius 1 is 1.47 bits per heavy atom. The Hall–Kier alpha value is -1.21. The lowest BCUT2D eigenvalue weighted by Gasteiger charge is -2.13. The second kappa shape index (κ2) is 6.81. The quantitative estimate of drug-likeness (QED) is 0.747. The molecule has 0 radical (unpaired) electrons. The summed E-state index contributed by atoms with van der Waals surface area (Å²) in [6.45, 7) is 4.09. The summed E-state index contributed by atoms with van der Waals surface area (Å²) >= 11 is 1.55. The second-order valence-corrected chi connectivity index (χ2v) is 6.00. The van der Waals surface area contributed by atoms with Crippen LogP contribution < -0.4 is 10.6 Å². The van der Waals surface area contributed by atoms with Gasteiger partial charge in [0.2, 0.25) is 11.0 Å². The molecule has 6 nitrogen and oxygen atoms in total. The molecule has 19 heavy (non-hydrogen) atoms. The van der Waals surface area contributed by atoms with Crippen molar-refractivity contribution in [2.45, 2.75) is 38.8 Å². The summed E-state index contributed by atoms with van der Waals surface area (Å²) in [4.78, 5) is 13.6. The molecule has 0 spiro atoms. The van der Waals surface area contributed by atoms with Gasteiger partial charge in [0.15, 0.2) is 0 Å². The Labute approximate surface area is 117 Å². The molecular formula is C12H21N5OS. The van der Waals surface area contributed by atoms with E-state index in [4.69, 9.17) is 0 Å². The number of nitrogens with zero attached hydrogens (tertiary/aromatic N) is 3. The first-order chi connectivity index (χ1) is 9.17. The van der Waals surface area contributed by atoms with Gasteiger partial charge >= 0.3 is 0 Å². The molecule has 0 aromatic carbocycles. The van der Waals surface area contributed by atoms with Crippen LogP contribution in [0.5, 0.6) is 0 Å². The van der Waals surface area contributed by atoms with Crippen molar-refractivity contribution >= 4 is 22.4 Å². The van der Waals surface area contributed by atoms with Crippen LogP contribution in [0.3, 0.4) is 0 Å². The molecule has 0 bridgehead atoms. The van der Waals surface area contributed by atoms with E-state index in [1.54, 1.807) is 11.3 Å². The van der Waals surface area contributed by atoms with Gasteiger partial charge in [0.05, 0.1) is 13.1 Å². The number of carbonyl (C=O) groups is 1. The molecule has 0 saturated heterocycles. The van der Waals surface area contributed by atoms with Crippen LogP contribution in [0.4, 0.5) is 5.13 Å². The maximum atomic E-state index is 11.6. The number of hydrogen-bond donors (Lipinski definition) is 2. The lowest BCUT2D eigenvalue weighted by molar-refractivity contribution is -0.122. The smallest absolute Gasteiger partial charge is 0.234 e. The predicted molar refractivity (Wildman–Crippen MR) is 76.2 cm³/mol. The van der Waals surface area contributed by atoms with Crippen molar-refractivity contribution in [1.82, 2.24) is 20.4 Å². The second-order valence-electron chi connectivity index (χ2n) is 4.94. The molecular weight excluding hydrogens is 262 g/mol. The van der Waals surface area contributed by atoms with Crippen LogP contribution >= 0.6 is 11.3 Å². The normalized spacial score (nSPS) is 14.7. The minimum atomic E-state index is 0.0962. The average Bonchev–Trinajstić information content (AvgIpc) is 3.04. The predicted octanol–water partition coefficient (Wildman–Crippen LogP) is 1.07. The molecule has 0 unspecified atom stereocenters. The van der Waals surface area contributed by atoms with Crippen LogP contribution in [0.2, 0.25) is 0 Å². The SMILES string of the molecule is CCCNc1nnc(CN(C)CC(=O)NC2CC2)s1. The van der Waals surface area contributed by atoms with E-state index in [2.05, 4.69) is 27.8 Å². The maximum absolute atomic E-state index is 11.6. The van der Waals surface area contributed by atoms with Crippen LogP contribution in [0.25, 0.3) is 0 Å². The molecule has 2 rings (SSSR count). The molecule has 1 amide bonds.